The van der Waals surface area contributed by atoms with Crippen LogP contribution in [0.15, 0.2) is 12.1 Å². The highest BCUT2D eigenvalue weighted by molar-refractivity contribution is 7.16. The fourth-order valence-corrected chi connectivity index (χ4v) is 2.61. The summed E-state index contributed by atoms with van der Waals surface area (Å²) in [5.74, 6) is -0.792. The first-order valence-corrected chi connectivity index (χ1v) is 6.46. The van der Waals surface area contributed by atoms with Gasteiger partial charge in [-0.2, -0.15) is 0 Å². The molecule has 1 heterocycles. The maximum absolute atomic E-state index is 11.2. The van der Waals surface area contributed by atoms with Crippen molar-refractivity contribution in [1.29, 1.82) is 0 Å². The Kier molecular flexibility index (Phi) is 4.77. The zero-order valence-corrected chi connectivity index (χ0v) is 11.0. The van der Waals surface area contributed by atoms with Gasteiger partial charge in [-0.3, -0.25) is 10.1 Å². The van der Waals surface area contributed by atoms with Gasteiger partial charge in [-0.1, -0.05) is 25.4 Å². The van der Waals surface area contributed by atoms with Crippen molar-refractivity contribution < 1.29 is 9.90 Å². The molecule has 2 N–H and O–H groups in total. The number of carboxylic acid groups (broad SMARTS) is 1. The second kappa shape index (κ2) is 5.66. The molecule has 0 atom stereocenters. The predicted octanol–water partition coefficient (Wildman–Crippen LogP) is 3.13. The molecule has 1 rings (SSSR count). The Balaban J connectivity index is 2.67. The lowest BCUT2D eigenvalue weighted by Gasteiger charge is -2.27. The molecule has 0 unspecified atom stereocenters. The summed E-state index contributed by atoms with van der Waals surface area (Å²) < 4.78 is 0.728. The molecule has 90 valence electrons. The first-order chi connectivity index (χ1) is 7.54. The lowest BCUT2D eigenvalue weighted by Crippen LogP contribution is -2.50. The quantitative estimate of drug-likeness (QED) is 0.827. The number of rotatable bonds is 6. The van der Waals surface area contributed by atoms with Gasteiger partial charge in [-0.15, -0.1) is 11.3 Å². The monoisotopic (exact) mass is 261 g/mol. The topological polar surface area (TPSA) is 49.3 Å². The van der Waals surface area contributed by atoms with Crippen molar-refractivity contribution in [3.63, 3.8) is 0 Å². The molecular weight excluding hydrogens is 246 g/mol. The molecule has 0 fully saturated rings. The molecule has 0 aliphatic rings. The van der Waals surface area contributed by atoms with Crippen LogP contribution in [0.4, 0.5) is 0 Å². The van der Waals surface area contributed by atoms with Crippen molar-refractivity contribution in [1.82, 2.24) is 5.32 Å². The van der Waals surface area contributed by atoms with Crippen LogP contribution in [0.5, 0.6) is 0 Å². The van der Waals surface area contributed by atoms with Gasteiger partial charge in [0, 0.05) is 11.4 Å². The molecular formula is C11H16ClNO2S. The molecule has 0 aliphatic carbocycles. The van der Waals surface area contributed by atoms with E-state index in [1.807, 2.05) is 26.0 Å². The molecule has 0 amide bonds. The third-order valence-corrected chi connectivity index (χ3v) is 4.08. The number of hydrogen-bond acceptors (Lipinski definition) is 3. The van der Waals surface area contributed by atoms with Gasteiger partial charge in [0.2, 0.25) is 0 Å². The summed E-state index contributed by atoms with van der Waals surface area (Å²) in [5, 5.41) is 12.3. The minimum Gasteiger partial charge on any atom is -0.480 e. The van der Waals surface area contributed by atoms with Crippen molar-refractivity contribution in [2.24, 2.45) is 0 Å². The molecule has 16 heavy (non-hydrogen) atoms. The summed E-state index contributed by atoms with van der Waals surface area (Å²) in [6.45, 7) is 4.31. The molecule has 0 radical (unpaired) electrons. The Morgan fingerprint density at radius 1 is 1.50 bits per heavy atom. The highest BCUT2D eigenvalue weighted by atomic mass is 35.5. The predicted molar refractivity (Wildman–Crippen MR) is 67.1 cm³/mol. The van der Waals surface area contributed by atoms with Crippen LogP contribution in [0, 0.1) is 0 Å². The Labute approximate surface area is 104 Å². The first kappa shape index (κ1) is 13.5. The zero-order valence-electron chi connectivity index (χ0n) is 9.42. The van der Waals surface area contributed by atoms with Crippen LogP contribution in [0.3, 0.4) is 0 Å². The van der Waals surface area contributed by atoms with E-state index in [0.717, 1.165) is 9.21 Å². The molecule has 0 saturated heterocycles. The first-order valence-electron chi connectivity index (χ1n) is 5.26. The van der Waals surface area contributed by atoms with Crippen molar-refractivity contribution in [3.8, 4) is 0 Å². The van der Waals surface area contributed by atoms with E-state index in [1.165, 1.54) is 11.3 Å². The normalized spacial score (nSPS) is 11.7. The molecule has 0 aromatic carbocycles. The van der Waals surface area contributed by atoms with E-state index in [0.29, 0.717) is 19.4 Å². The summed E-state index contributed by atoms with van der Waals surface area (Å²) in [7, 11) is 0. The molecule has 0 spiro atoms. The standard InChI is InChI=1S/C11H16ClNO2S/c1-3-11(4-2,10(14)15)13-7-8-5-6-9(12)16-8/h5-6,13H,3-4,7H2,1-2H3,(H,14,15). The Morgan fingerprint density at radius 3 is 2.50 bits per heavy atom. The average molecular weight is 262 g/mol. The second-order valence-electron chi connectivity index (χ2n) is 3.65. The van der Waals surface area contributed by atoms with Crippen LogP contribution in [0.2, 0.25) is 4.34 Å². The van der Waals surface area contributed by atoms with Crippen molar-refractivity contribution in [3.05, 3.63) is 21.3 Å². The van der Waals surface area contributed by atoms with Crippen LogP contribution in [0.25, 0.3) is 0 Å². The zero-order chi connectivity index (χ0) is 12.2. The van der Waals surface area contributed by atoms with Crippen LogP contribution < -0.4 is 5.32 Å². The smallest absolute Gasteiger partial charge is 0.323 e. The van der Waals surface area contributed by atoms with Gasteiger partial charge in [0.1, 0.15) is 5.54 Å². The fraction of sp³-hybridized carbons (Fsp3) is 0.545. The van der Waals surface area contributed by atoms with E-state index < -0.39 is 11.5 Å². The fourth-order valence-electron chi connectivity index (χ4n) is 1.58. The van der Waals surface area contributed by atoms with Crippen LogP contribution in [-0.2, 0) is 11.3 Å². The molecule has 3 nitrogen and oxygen atoms in total. The van der Waals surface area contributed by atoms with Crippen molar-refractivity contribution in [2.45, 2.75) is 38.8 Å². The number of halogens is 1. The van der Waals surface area contributed by atoms with E-state index in [9.17, 15) is 9.90 Å². The van der Waals surface area contributed by atoms with Gasteiger partial charge in [-0.05, 0) is 25.0 Å². The van der Waals surface area contributed by atoms with E-state index in [1.54, 1.807) is 0 Å². The van der Waals surface area contributed by atoms with Gasteiger partial charge < -0.3 is 5.11 Å². The van der Waals surface area contributed by atoms with E-state index in [2.05, 4.69) is 5.32 Å². The summed E-state index contributed by atoms with van der Waals surface area (Å²) in [5.41, 5.74) is -0.823. The maximum atomic E-state index is 11.2. The van der Waals surface area contributed by atoms with Gasteiger partial charge in [0.15, 0.2) is 0 Å². The van der Waals surface area contributed by atoms with Crippen molar-refractivity contribution in [2.75, 3.05) is 0 Å². The number of nitrogens with one attached hydrogen (secondary N) is 1. The second-order valence-corrected chi connectivity index (χ2v) is 5.45. The molecule has 0 aliphatic heterocycles. The van der Waals surface area contributed by atoms with Gasteiger partial charge in [0.25, 0.3) is 0 Å². The largest absolute Gasteiger partial charge is 0.480 e. The Hall–Kier alpha value is -0.580. The number of carboxylic acids is 1. The highest BCUT2D eigenvalue weighted by Crippen LogP contribution is 2.23. The summed E-state index contributed by atoms with van der Waals surface area (Å²) in [4.78, 5) is 12.3. The molecule has 1 aromatic rings. The maximum Gasteiger partial charge on any atom is 0.323 e. The van der Waals surface area contributed by atoms with Crippen molar-refractivity contribution >= 4 is 28.9 Å². The van der Waals surface area contributed by atoms with E-state index in [-0.39, 0.29) is 0 Å². The number of aliphatic carboxylic acids is 1. The van der Waals surface area contributed by atoms with Gasteiger partial charge >= 0.3 is 5.97 Å². The van der Waals surface area contributed by atoms with E-state index in [4.69, 9.17) is 11.6 Å². The summed E-state index contributed by atoms with van der Waals surface area (Å²) >= 11 is 7.29. The third kappa shape index (κ3) is 2.97. The van der Waals surface area contributed by atoms with Gasteiger partial charge in [0.05, 0.1) is 4.34 Å². The minimum absolute atomic E-state index is 0.547. The summed E-state index contributed by atoms with van der Waals surface area (Å²) in [6, 6.07) is 3.74. The molecule has 0 saturated carbocycles. The van der Waals surface area contributed by atoms with Crippen LogP contribution >= 0.6 is 22.9 Å². The third-order valence-electron chi connectivity index (χ3n) is 2.85. The number of thiophene rings is 1. The SMILES string of the molecule is CCC(CC)(NCc1ccc(Cl)s1)C(=O)O. The lowest BCUT2D eigenvalue weighted by molar-refractivity contribution is -0.145. The molecule has 0 bridgehead atoms. The van der Waals surface area contributed by atoms with Crippen LogP contribution in [0.1, 0.15) is 31.6 Å². The number of carbonyl (C=O) groups is 1. The minimum atomic E-state index is -0.823. The molecule has 1 aromatic heterocycles. The number of hydrogen-bond donors (Lipinski definition) is 2. The Bertz CT molecular complexity index is 361. The Morgan fingerprint density at radius 2 is 2.12 bits per heavy atom. The molecule has 5 heteroatoms. The lowest BCUT2D eigenvalue weighted by atomic mass is 9.93. The summed E-state index contributed by atoms with van der Waals surface area (Å²) in [6.07, 6.45) is 1.13. The van der Waals surface area contributed by atoms with E-state index >= 15 is 0 Å². The van der Waals surface area contributed by atoms with Gasteiger partial charge in [-0.25, -0.2) is 0 Å². The average Bonchev–Trinajstić information content (AvgIpc) is 2.66. The van der Waals surface area contributed by atoms with Crippen LogP contribution in [-0.4, -0.2) is 16.6 Å². The highest BCUT2D eigenvalue weighted by Gasteiger charge is 2.33.